The summed E-state index contributed by atoms with van der Waals surface area (Å²) in [5.74, 6) is 0.261. The predicted octanol–water partition coefficient (Wildman–Crippen LogP) is 3.70. The van der Waals surface area contributed by atoms with Crippen molar-refractivity contribution in [2.45, 2.75) is 38.6 Å². The maximum atomic E-state index is 12.2. The first kappa shape index (κ1) is 17.2. The highest BCUT2D eigenvalue weighted by Gasteiger charge is 2.36. The fraction of sp³-hybridized carbons (Fsp3) is 0.333. The van der Waals surface area contributed by atoms with Crippen LogP contribution in [0.1, 0.15) is 37.8 Å². The third-order valence-electron chi connectivity index (χ3n) is 4.88. The standard InChI is InChI=1S/C21H25N3O/c1-4-6-15-9-11-16(12-10-15)17-7-5-8-18(13-17)21(2)14-19(25)24(3)20(22)23-21/h5,7-13H,4,6,14H2,1-3H3,(H2,22,23). The molecular formula is C21H25N3O. The lowest BCUT2D eigenvalue weighted by molar-refractivity contribution is -0.128. The molecular weight excluding hydrogens is 310 g/mol. The minimum atomic E-state index is -0.619. The van der Waals surface area contributed by atoms with Crippen LogP contribution in [0.4, 0.5) is 0 Å². The van der Waals surface area contributed by atoms with Gasteiger partial charge in [0.15, 0.2) is 5.96 Å². The second-order valence-corrected chi connectivity index (χ2v) is 6.90. The van der Waals surface area contributed by atoms with E-state index in [-0.39, 0.29) is 11.9 Å². The Bertz CT molecular complexity index is 810. The number of aliphatic imine (C=N–C) groups is 1. The largest absolute Gasteiger partial charge is 0.369 e. The molecule has 1 atom stereocenters. The molecule has 0 radical (unpaired) electrons. The minimum Gasteiger partial charge on any atom is -0.369 e. The fourth-order valence-corrected chi connectivity index (χ4v) is 3.26. The Kier molecular flexibility index (Phi) is 4.62. The lowest BCUT2D eigenvalue weighted by Crippen LogP contribution is -2.47. The maximum absolute atomic E-state index is 12.2. The van der Waals surface area contributed by atoms with Crippen LogP contribution in [0.5, 0.6) is 0 Å². The van der Waals surface area contributed by atoms with Crippen LogP contribution in [0.15, 0.2) is 53.5 Å². The van der Waals surface area contributed by atoms with Crippen LogP contribution in [0.3, 0.4) is 0 Å². The molecule has 4 nitrogen and oxygen atoms in total. The van der Waals surface area contributed by atoms with Crippen LogP contribution < -0.4 is 5.73 Å². The van der Waals surface area contributed by atoms with E-state index in [1.807, 2.05) is 19.1 Å². The summed E-state index contributed by atoms with van der Waals surface area (Å²) in [5, 5.41) is 0. The Balaban J connectivity index is 1.95. The molecule has 1 amide bonds. The SMILES string of the molecule is CCCc1ccc(-c2cccc(C3(C)CC(=O)N(C)C(N)=N3)c2)cc1. The highest BCUT2D eigenvalue weighted by atomic mass is 16.2. The first-order chi connectivity index (χ1) is 11.9. The van der Waals surface area contributed by atoms with Crippen LogP contribution in [0.25, 0.3) is 11.1 Å². The maximum Gasteiger partial charge on any atom is 0.231 e. The highest BCUT2D eigenvalue weighted by molar-refractivity contribution is 5.98. The van der Waals surface area contributed by atoms with Gasteiger partial charge in [0, 0.05) is 7.05 Å². The molecule has 0 aliphatic carbocycles. The molecule has 3 rings (SSSR count). The molecule has 2 aromatic carbocycles. The molecule has 0 bridgehead atoms. The number of aryl methyl sites for hydroxylation is 1. The van der Waals surface area contributed by atoms with Gasteiger partial charge in [-0.05, 0) is 41.7 Å². The minimum absolute atomic E-state index is 0.00989. The number of guanidine groups is 1. The zero-order valence-corrected chi connectivity index (χ0v) is 15.1. The summed E-state index contributed by atoms with van der Waals surface area (Å²) in [6.45, 7) is 4.15. The quantitative estimate of drug-likeness (QED) is 0.926. The normalized spacial score (nSPS) is 20.5. The van der Waals surface area contributed by atoms with Gasteiger partial charge in [0.2, 0.25) is 5.91 Å². The van der Waals surface area contributed by atoms with E-state index in [9.17, 15) is 4.79 Å². The number of hydrogen-bond acceptors (Lipinski definition) is 3. The third-order valence-corrected chi connectivity index (χ3v) is 4.88. The highest BCUT2D eigenvalue weighted by Crippen LogP contribution is 2.35. The van der Waals surface area contributed by atoms with Crippen LogP contribution in [0.2, 0.25) is 0 Å². The van der Waals surface area contributed by atoms with Crippen molar-refractivity contribution in [2.24, 2.45) is 10.7 Å². The topological polar surface area (TPSA) is 58.7 Å². The van der Waals surface area contributed by atoms with Crippen LogP contribution in [0, 0.1) is 0 Å². The van der Waals surface area contributed by atoms with Crippen molar-refractivity contribution in [1.29, 1.82) is 0 Å². The van der Waals surface area contributed by atoms with Crippen molar-refractivity contribution in [3.8, 4) is 11.1 Å². The first-order valence-corrected chi connectivity index (χ1v) is 8.74. The molecule has 0 fully saturated rings. The summed E-state index contributed by atoms with van der Waals surface area (Å²) < 4.78 is 0. The van der Waals surface area contributed by atoms with Crippen molar-refractivity contribution in [2.75, 3.05) is 7.05 Å². The molecule has 0 aromatic heterocycles. The molecule has 130 valence electrons. The lowest BCUT2D eigenvalue weighted by Gasteiger charge is -2.33. The Morgan fingerprint density at radius 2 is 1.88 bits per heavy atom. The van der Waals surface area contributed by atoms with Gasteiger partial charge < -0.3 is 5.73 Å². The summed E-state index contributed by atoms with van der Waals surface area (Å²) in [7, 11) is 1.66. The molecule has 4 heteroatoms. The zero-order chi connectivity index (χ0) is 18.0. The average molecular weight is 335 g/mol. The van der Waals surface area contributed by atoms with Crippen LogP contribution >= 0.6 is 0 Å². The number of hydrogen-bond donors (Lipinski definition) is 1. The number of carbonyl (C=O) groups excluding carboxylic acids is 1. The van der Waals surface area contributed by atoms with E-state index in [0.717, 1.165) is 24.0 Å². The molecule has 0 spiro atoms. The van der Waals surface area contributed by atoms with Crippen molar-refractivity contribution < 1.29 is 4.79 Å². The van der Waals surface area contributed by atoms with Gasteiger partial charge in [0.05, 0.1) is 12.0 Å². The zero-order valence-electron chi connectivity index (χ0n) is 15.1. The summed E-state index contributed by atoms with van der Waals surface area (Å²) in [6.07, 6.45) is 2.57. The molecule has 1 unspecified atom stereocenters. The van der Waals surface area contributed by atoms with E-state index in [2.05, 4.69) is 48.3 Å². The lowest BCUT2D eigenvalue weighted by atomic mass is 9.86. The summed E-state index contributed by atoms with van der Waals surface area (Å²) in [4.78, 5) is 18.2. The fourth-order valence-electron chi connectivity index (χ4n) is 3.26. The molecule has 0 saturated heterocycles. The molecule has 2 aromatic rings. The Morgan fingerprint density at radius 1 is 1.16 bits per heavy atom. The van der Waals surface area contributed by atoms with Crippen molar-refractivity contribution >= 4 is 11.9 Å². The smallest absolute Gasteiger partial charge is 0.231 e. The van der Waals surface area contributed by atoms with Gasteiger partial charge in [0.25, 0.3) is 0 Å². The van der Waals surface area contributed by atoms with E-state index < -0.39 is 5.54 Å². The average Bonchev–Trinajstić information content (AvgIpc) is 2.61. The van der Waals surface area contributed by atoms with Gasteiger partial charge in [-0.25, -0.2) is 4.99 Å². The van der Waals surface area contributed by atoms with Gasteiger partial charge in [0.1, 0.15) is 0 Å². The molecule has 2 N–H and O–H groups in total. The van der Waals surface area contributed by atoms with Crippen molar-refractivity contribution in [3.05, 3.63) is 59.7 Å². The number of nitrogens with zero attached hydrogens (tertiary/aromatic N) is 2. The molecule has 1 aliphatic heterocycles. The van der Waals surface area contributed by atoms with Gasteiger partial charge in [-0.1, -0.05) is 55.8 Å². The second kappa shape index (κ2) is 6.71. The van der Waals surface area contributed by atoms with E-state index in [1.165, 1.54) is 16.0 Å². The van der Waals surface area contributed by atoms with Crippen molar-refractivity contribution in [3.63, 3.8) is 0 Å². The number of rotatable bonds is 4. The molecule has 25 heavy (non-hydrogen) atoms. The molecule has 0 saturated carbocycles. The third kappa shape index (κ3) is 3.43. The van der Waals surface area contributed by atoms with E-state index >= 15 is 0 Å². The van der Waals surface area contributed by atoms with E-state index in [0.29, 0.717) is 6.42 Å². The summed E-state index contributed by atoms with van der Waals surface area (Å²) in [6, 6.07) is 16.9. The number of amides is 1. The van der Waals surface area contributed by atoms with Gasteiger partial charge in [-0.3, -0.25) is 9.69 Å². The van der Waals surface area contributed by atoms with Gasteiger partial charge in [-0.2, -0.15) is 0 Å². The predicted molar refractivity (Wildman–Crippen MR) is 102 cm³/mol. The number of carbonyl (C=O) groups is 1. The summed E-state index contributed by atoms with van der Waals surface area (Å²) >= 11 is 0. The number of nitrogens with two attached hydrogens (primary N) is 1. The molecule has 1 heterocycles. The van der Waals surface area contributed by atoms with E-state index in [4.69, 9.17) is 5.73 Å². The Labute approximate surface area is 149 Å². The van der Waals surface area contributed by atoms with Gasteiger partial charge in [-0.15, -0.1) is 0 Å². The second-order valence-electron chi connectivity index (χ2n) is 6.90. The molecule has 1 aliphatic rings. The Hall–Kier alpha value is -2.62. The summed E-state index contributed by atoms with van der Waals surface area (Å²) in [5.41, 5.74) is 9.97. The monoisotopic (exact) mass is 335 g/mol. The van der Waals surface area contributed by atoms with Crippen LogP contribution in [-0.2, 0) is 16.8 Å². The van der Waals surface area contributed by atoms with Crippen LogP contribution in [-0.4, -0.2) is 23.8 Å². The Morgan fingerprint density at radius 3 is 2.52 bits per heavy atom. The number of benzene rings is 2. The van der Waals surface area contributed by atoms with Crippen molar-refractivity contribution in [1.82, 2.24) is 4.90 Å². The van der Waals surface area contributed by atoms with E-state index in [1.54, 1.807) is 7.05 Å². The first-order valence-electron chi connectivity index (χ1n) is 8.74. The van der Waals surface area contributed by atoms with Gasteiger partial charge >= 0.3 is 0 Å².